The summed E-state index contributed by atoms with van der Waals surface area (Å²) >= 11 is 0. The highest BCUT2D eigenvalue weighted by atomic mass is 16.5. The van der Waals surface area contributed by atoms with E-state index in [1.54, 1.807) is 12.1 Å². The first-order valence-corrected chi connectivity index (χ1v) is 5.60. The van der Waals surface area contributed by atoms with Crippen LogP contribution in [0.1, 0.15) is 27.1 Å². The molecule has 0 fully saturated rings. The van der Waals surface area contributed by atoms with Crippen LogP contribution in [0, 0.1) is 0 Å². The molecule has 0 aliphatic carbocycles. The summed E-state index contributed by atoms with van der Waals surface area (Å²) in [6.07, 6.45) is 0.198. The first-order valence-electron chi connectivity index (χ1n) is 5.60. The lowest BCUT2D eigenvalue weighted by Crippen LogP contribution is -2.45. The first-order chi connectivity index (χ1) is 9.11. The van der Waals surface area contributed by atoms with Crippen LogP contribution in [0.15, 0.2) is 24.3 Å². The van der Waals surface area contributed by atoms with Gasteiger partial charge in [0.1, 0.15) is 12.3 Å². The predicted molar refractivity (Wildman–Crippen MR) is 63.4 cm³/mol. The molecule has 0 spiro atoms. The van der Waals surface area contributed by atoms with Crippen molar-refractivity contribution in [3.63, 3.8) is 0 Å². The standard InChI is InChI=1S/C13H11NO5/c1-19-13(18)10(6-7-15)14-11(16)8-4-2-3-5-9(8)12(14)17/h2-5,7,10H,6H2,1H3/t10-/m0/s1. The van der Waals surface area contributed by atoms with Crippen molar-refractivity contribution < 1.29 is 23.9 Å². The fourth-order valence-electron chi connectivity index (χ4n) is 2.03. The van der Waals surface area contributed by atoms with Gasteiger partial charge in [-0.05, 0) is 12.1 Å². The molecule has 1 aliphatic rings. The second kappa shape index (κ2) is 5.01. The van der Waals surface area contributed by atoms with Crippen LogP contribution in [0.3, 0.4) is 0 Å². The normalized spacial score (nSPS) is 15.1. The molecule has 19 heavy (non-hydrogen) atoms. The quantitative estimate of drug-likeness (QED) is 0.445. The van der Waals surface area contributed by atoms with Gasteiger partial charge in [0, 0.05) is 6.42 Å². The number of hydrogen-bond acceptors (Lipinski definition) is 5. The topological polar surface area (TPSA) is 80.8 Å². The summed E-state index contributed by atoms with van der Waals surface area (Å²) in [5, 5.41) is 0. The fraction of sp³-hybridized carbons (Fsp3) is 0.231. The van der Waals surface area contributed by atoms with Gasteiger partial charge in [0.15, 0.2) is 0 Å². The lowest BCUT2D eigenvalue weighted by Gasteiger charge is -2.21. The molecular formula is C13H11NO5. The van der Waals surface area contributed by atoms with E-state index < -0.39 is 23.8 Å². The van der Waals surface area contributed by atoms with E-state index in [1.807, 2.05) is 0 Å². The van der Waals surface area contributed by atoms with Crippen LogP contribution in [0.25, 0.3) is 0 Å². The van der Waals surface area contributed by atoms with Gasteiger partial charge in [-0.15, -0.1) is 0 Å². The highest BCUT2D eigenvalue weighted by Gasteiger charge is 2.42. The third-order valence-corrected chi connectivity index (χ3v) is 2.93. The van der Waals surface area contributed by atoms with Gasteiger partial charge in [-0.3, -0.25) is 14.5 Å². The molecule has 0 saturated heterocycles. The lowest BCUT2D eigenvalue weighted by atomic mass is 10.1. The summed E-state index contributed by atoms with van der Waals surface area (Å²) in [7, 11) is 1.14. The zero-order valence-corrected chi connectivity index (χ0v) is 10.2. The number of carbonyl (C=O) groups excluding carboxylic acids is 4. The summed E-state index contributed by atoms with van der Waals surface area (Å²) in [4.78, 5) is 47.3. The summed E-state index contributed by atoms with van der Waals surface area (Å²) in [6, 6.07) is 5.05. The van der Waals surface area contributed by atoms with E-state index in [-0.39, 0.29) is 17.5 Å². The van der Waals surface area contributed by atoms with E-state index in [0.29, 0.717) is 6.29 Å². The second-order valence-corrected chi connectivity index (χ2v) is 3.97. The maximum absolute atomic E-state index is 12.1. The van der Waals surface area contributed by atoms with Gasteiger partial charge in [0.05, 0.1) is 18.2 Å². The Labute approximate surface area is 108 Å². The van der Waals surface area contributed by atoms with Crippen LogP contribution in [-0.4, -0.2) is 42.1 Å². The van der Waals surface area contributed by atoms with Crippen molar-refractivity contribution in [1.82, 2.24) is 4.90 Å². The van der Waals surface area contributed by atoms with Crippen LogP contribution < -0.4 is 0 Å². The molecule has 6 heteroatoms. The number of benzene rings is 1. The largest absolute Gasteiger partial charge is 0.467 e. The number of amides is 2. The summed E-state index contributed by atoms with van der Waals surface area (Å²) in [5.41, 5.74) is 0.458. The number of nitrogens with zero attached hydrogens (tertiary/aromatic N) is 1. The molecule has 1 aromatic rings. The molecule has 0 N–H and O–H groups in total. The minimum atomic E-state index is -1.21. The SMILES string of the molecule is COC(=O)[C@H](CC=O)N1C(=O)c2ccccc2C1=O. The van der Waals surface area contributed by atoms with Crippen LogP contribution in [0.4, 0.5) is 0 Å². The van der Waals surface area contributed by atoms with Crippen molar-refractivity contribution in [2.75, 3.05) is 7.11 Å². The zero-order chi connectivity index (χ0) is 14.0. The fourth-order valence-corrected chi connectivity index (χ4v) is 2.03. The Balaban J connectivity index is 2.41. The average molecular weight is 261 g/mol. The molecule has 1 heterocycles. The molecular weight excluding hydrogens is 250 g/mol. The van der Waals surface area contributed by atoms with Gasteiger partial charge in [-0.1, -0.05) is 12.1 Å². The second-order valence-electron chi connectivity index (χ2n) is 3.97. The van der Waals surface area contributed by atoms with Crippen LogP contribution in [-0.2, 0) is 14.3 Å². The predicted octanol–water partition coefficient (Wildman–Crippen LogP) is 0.413. The summed E-state index contributed by atoms with van der Waals surface area (Å²) in [5.74, 6) is -1.96. The van der Waals surface area contributed by atoms with Gasteiger partial charge in [0.2, 0.25) is 0 Å². The highest BCUT2D eigenvalue weighted by Crippen LogP contribution is 2.25. The van der Waals surface area contributed by atoms with E-state index in [1.165, 1.54) is 12.1 Å². The Bertz CT molecular complexity index is 531. The van der Waals surface area contributed by atoms with E-state index in [0.717, 1.165) is 12.0 Å². The van der Waals surface area contributed by atoms with Crippen LogP contribution >= 0.6 is 0 Å². The number of ether oxygens (including phenoxy) is 1. The zero-order valence-electron chi connectivity index (χ0n) is 10.2. The number of aldehydes is 1. The van der Waals surface area contributed by atoms with Gasteiger partial charge < -0.3 is 9.53 Å². The number of fused-ring (bicyclic) bond motifs is 1. The van der Waals surface area contributed by atoms with Crippen molar-refractivity contribution in [3.05, 3.63) is 35.4 Å². The molecule has 0 bridgehead atoms. The Kier molecular flexibility index (Phi) is 3.41. The first kappa shape index (κ1) is 12.9. The third-order valence-electron chi connectivity index (χ3n) is 2.93. The van der Waals surface area contributed by atoms with Gasteiger partial charge in [0.25, 0.3) is 11.8 Å². The summed E-state index contributed by atoms with van der Waals surface area (Å²) < 4.78 is 4.53. The van der Waals surface area contributed by atoms with E-state index in [2.05, 4.69) is 4.74 Å². The van der Waals surface area contributed by atoms with Crippen molar-refractivity contribution in [3.8, 4) is 0 Å². The number of imide groups is 1. The van der Waals surface area contributed by atoms with Crippen molar-refractivity contribution in [2.24, 2.45) is 0 Å². The van der Waals surface area contributed by atoms with Crippen LogP contribution in [0.5, 0.6) is 0 Å². The average Bonchev–Trinajstić information content (AvgIpc) is 2.68. The molecule has 2 rings (SSSR count). The number of methoxy groups -OCH3 is 1. The number of hydrogen-bond donors (Lipinski definition) is 0. The Morgan fingerprint density at radius 3 is 2.21 bits per heavy atom. The van der Waals surface area contributed by atoms with Crippen LogP contribution in [0.2, 0.25) is 0 Å². The number of esters is 1. The molecule has 6 nitrogen and oxygen atoms in total. The summed E-state index contributed by atoms with van der Waals surface area (Å²) in [6.45, 7) is 0. The van der Waals surface area contributed by atoms with Crippen molar-refractivity contribution in [2.45, 2.75) is 12.5 Å². The number of rotatable bonds is 4. The van der Waals surface area contributed by atoms with Crippen molar-refractivity contribution in [1.29, 1.82) is 0 Å². The van der Waals surface area contributed by atoms with Gasteiger partial charge >= 0.3 is 5.97 Å². The molecule has 0 unspecified atom stereocenters. The van der Waals surface area contributed by atoms with E-state index >= 15 is 0 Å². The van der Waals surface area contributed by atoms with E-state index in [9.17, 15) is 19.2 Å². The molecule has 0 saturated carbocycles. The number of carbonyl (C=O) groups is 4. The Morgan fingerprint density at radius 1 is 1.26 bits per heavy atom. The molecule has 2 amide bonds. The maximum atomic E-state index is 12.1. The minimum absolute atomic E-state index is 0.229. The monoisotopic (exact) mass is 261 g/mol. The minimum Gasteiger partial charge on any atom is -0.467 e. The molecule has 1 aromatic carbocycles. The third kappa shape index (κ3) is 2.01. The lowest BCUT2D eigenvalue weighted by molar-refractivity contribution is -0.146. The molecule has 1 atom stereocenters. The molecule has 0 aromatic heterocycles. The van der Waals surface area contributed by atoms with Crippen molar-refractivity contribution >= 4 is 24.1 Å². The smallest absolute Gasteiger partial charge is 0.329 e. The highest BCUT2D eigenvalue weighted by molar-refractivity contribution is 6.22. The van der Waals surface area contributed by atoms with Gasteiger partial charge in [-0.2, -0.15) is 0 Å². The maximum Gasteiger partial charge on any atom is 0.329 e. The van der Waals surface area contributed by atoms with Gasteiger partial charge in [-0.25, -0.2) is 4.79 Å². The van der Waals surface area contributed by atoms with E-state index in [4.69, 9.17) is 0 Å². The Hall–Kier alpha value is -2.50. The molecule has 1 aliphatic heterocycles. The Morgan fingerprint density at radius 2 is 1.79 bits per heavy atom. The molecule has 0 radical (unpaired) electrons. The molecule has 98 valence electrons.